The van der Waals surface area contributed by atoms with Gasteiger partial charge in [0.05, 0.1) is 0 Å². The first-order valence-corrected chi connectivity index (χ1v) is 12.7. The van der Waals surface area contributed by atoms with Crippen LogP contribution in [0.15, 0.2) is 121 Å². The van der Waals surface area contributed by atoms with Gasteiger partial charge in [0.2, 0.25) is 0 Å². The van der Waals surface area contributed by atoms with Crippen LogP contribution in [-0.2, 0) is 10.8 Å². The van der Waals surface area contributed by atoms with Crippen molar-refractivity contribution in [3.8, 4) is 28.7 Å². The van der Waals surface area contributed by atoms with E-state index in [9.17, 15) is 25.5 Å². The molecule has 5 aromatic rings. The molecular weight excluding hydrogens is 488 g/mol. The molecule has 0 aromatic heterocycles. The predicted octanol–water partition coefficient (Wildman–Crippen LogP) is 6.95. The van der Waals surface area contributed by atoms with Gasteiger partial charge in [-0.25, -0.2) is 0 Å². The Bertz CT molecular complexity index is 1380. The van der Waals surface area contributed by atoms with Gasteiger partial charge in [-0.3, -0.25) is 0 Å². The van der Waals surface area contributed by atoms with Crippen LogP contribution in [0.4, 0.5) is 0 Å². The highest BCUT2D eigenvalue weighted by Gasteiger charge is 2.44. The molecule has 39 heavy (non-hydrogen) atoms. The number of phenols is 5. The van der Waals surface area contributed by atoms with Gasteiger partial charge in [-0.1, -0.05) is 67.6 Å². The van der Waals surface area contributed by atoms with E-state index in [1.54, 1.807) is 60.7 Å². The van der Waals surface area contributed by atoms with E-state index in [0.717, 1.165) is 27.8 Å². The van der Waals surface area contributed by atoms with E-state index < -0.39 is 10.8 Å². The van der Waals surface area contributed by atoms with Gasteiger partial charge in [0, 0.05) is 10.8 Å². The maximum absolute atomic E-state index is 10.2. The fourth-order valence-corrected chi connectivity index (χ4v) is 5.60. The van der Waals surface area contributed by atoms with Gasteiger partial charge in [-0.05, 0) is 94.9 Å². The summed E-state index contributed by atoms with van der Waals surface area (Å²) in [4.78, 5) is 0. The topological polar surface area (TPSA) is 101 Å². The molecule has 0 unspecified atom stereocenters. The maximum atomic E-state index is 10.2. The molecule has 5 N–H and O–H groups in total. The maximum Gasteiger partial charge on any atom is 0.115 e. The lowest BCUT2D eigenvalue weighted by atomic mass is 9.58. The van der Waals surface area contributed by atoms with Crippen molar-refractivity contribution in [1.29, 1.82) is 0 Å². The van der Waals surface area contributed by atoms with Crippen LogP contribution >= 0.6 is 0 Å². The van der Waals surface area contributed by atoms with Crippen LogP contribution in [0.5, 0.6) is 28.7 Å². The van der Waals surface area contributed by atoms with Crippen LogP contribution in [0.2, 0.25) is 0 Å². The molecule has 0 atom stereocenters. The molecule has 196 valence electrons. The first-order valence-electron chi connectivity index (χ1n) is 12.7. The normalized spacial score (nSPS) is 11.8. The zero-order chi connectivity index (χ0) is 27.6. The van der Waals surface area contributed by atoms with Crippen LogP contribution in [0.25, 0.3) is 0 Å². The Morgan fingerprint density at radius 3 is 0.795 bits per heavy atom. The van der Waals surface area contributed by atoms with Crippen molar-refractivity contribution in [2.24, 2.45) is 0 Å². The Morgan fingerprint density at radius 1 is 0.359 bits per heavy atom. The number of hydrogen-bond acceptors (Lipinski definition) is 5. The summed E-state index contributed by atoms with van der Waals surface area (Å²) in [6.07, 6.45) is 0.482. The molecule has 0 bridgehead atoms. The Hall–Kier alpha value is -4.90. The fraction of sp³-hybridized carbons (Fsp3) is 0.118. The molecule has 0 aliphatic heterocycles. The molecule has 5 nitrogen and oxygen atoms in total. The molecule has 0 amide bonds. The van der Waals surface area contributed by atoms with Crippen molar-refractivity contribution in [1.82, 2.24) is 0 Å². The number of benzene rings is 5. The van der Waals surface area contributed by atoms with E-state index in [1.165, 1.54) is 0 Å². The Labute approximate surface area is 227 Å². The molecule has 0 fully saturated rings. The molecule has 0 heterocycles. The largest absolute Gasteiger partial charge is 0.508 e. The minimum Gasteiger partial charge on any atom is -0.508 e. The molecule has 5 rings (SSSR count). The standard InChI is InChI=1S/C34H30O5/c1-33(23-2-12-28(35)13-3-23,24-4-14-29(36)15-5-24)22-34(25-6-16-30(37)17-7-25,26-8-18-31(38)19-9-26)27-10-20-32(39)21-11-27/h2-21,35-39H,22H2,1H3. The van der Waals surface area contributed by atoms with Gasteiger partial charge >= 0.3 is 0 Å². The molecule has 5 aromatic carbocycles. The summed E-state index contributed by atoms with van der Waals surface area (Å²) < 4.78 is 0. The lowest BCUT2D eigenvalue weighted by molar-refractivity contribution is 0.411. The van der Waals surface area contributed by atoms with Crippen LogP contribution in [-0.4, -0.2) is 25.5 Å². The second-order valence-corrected chi connectivity index (χ2v) is 10.1. The van der Waals surface area contributed by atoms with E-state index in [0.29, 0.717) is 6.42 Å². The molecule has 0 aliphatic rings. The summed E-state index contributed by atoms with van der Waals surface area (Å²) in [5, 5.41) is 50.6. The van der Waals surface area contributed by atoms with E-state index in [1.807, 2.05) is 60.7 Å². The Balaban J connectivity index is 1.85. The summed E-state index contributed by atoms with van der Waals surface area (Å²) in [5.74, 6) is 0.749. The minimum atomic E-state index is -0.820. The highest BCUT2D eigenvalue weighted by atomic mass is 16.3. The smallest absolute Gasteiger partial charge is 0.115 e. The molecule has 0 saturated carbocycles. The first kappa shape index (κ1) is 25.7. The van der Waals surface area contributed by atoms with Gasteiger partial charge in [-0.15, -0.1) is 0 Å². The fourth-order valence-electron chi connectivity index (χ4n) is 5.60. The lowest BCUT2D eigenvalue weighted by Gasteiger charge is -2.44. The number of rotatable bonds is 7. The third kappa shape index (κ3) is 4.87. The van der Waals surface area contributed by atoms with Gasteiger partial charge < -0.3 is 25.5 Å². The van der Waals surface area contributed by atoms with Gasteiger partial charge in [-0.2, -0.15) is 0 Å². The van der Waals surface area contributed by atoms with Gasteiger partial charge in [0.1, 0.15) is 28.7 Å². The van der Waals surface area contributed by atoms with Crippen molar-refractivity contribution < 1.29 is 25.5 Å². The summed E-state index contributed by atoms with van der Waals surface area (Å²) >= 11 is 0. The monoisotopic (exact) mass is 518 g/mol. The molecular formula is C34H30O5. The summed E-state index contributed by atoms with van der Waals surface area (Å²) in [6.45, 7) is 2.13. The van der Waals surface area contributed by atoms with Crippen molar-refractivity contribution in [2.45, 2.75) is 24.2 Å². The SMILES string of the molecule is CC(CC(c1ccc(O)cc1)(c1ccc(O)cc1)c1ccc(O)cc1)(c1ccc(O)cc1)c1ccc(O)cc1. The second-order valence-electron chi connectivity index (χ2n) is 10.1. The van der Waals surface area contributed by atoms with Crippen molar-refractivity contribution in [3.63, 3.8) is 0 Å². The second kappa shape index (κ2) is 10.1. The average molecular weight is 519 g/mol. The molecule has 0 saturated heterocycles. The third-order valence-electron chi connectivity index (χ3n) is 7.71. The molecule has 0 radical (unpaired) electrons. The summed E-state index contributed by atoms with van der Waals surface area (Å²) in [7, 11) is 0. The van der Waals surface area contributed by atoms with Crippen molar-refractivity contribution in [3.05, 3.63) is 149 Å². The first-order chi connectivity index (χ1) is 18.7. The Morgan fingerprint density at radius 2 is 0.564 bits per heavy atom. The van der Waals surface area contributed by atoms with Crippen LogP contribution in [0.3, 0.4) is 0 Å². The molecule has 0 spiro atoms. The van der Waals surface area contributed by atoms with E-state index >= 15 is 0 Å². The predicted molar refractivity (Wildman–Crippen MR) is 151 cm³/mol. The summed E-state index contributed by atoms with van der Waals surface area (Å²) in [5.41, 5.74) is 3.13. The van der Waals surface area contributed by atoms with Gasteiger partial charge in [0.15, 0.2) is 0 Å². The van der Waals surface area contributed by atoms with E-state index in [-0.39, 0.29) is 28.7 Å². The Kier molecular flexibility index (Phi) is 6.67. The van der Waals surface area contributed by atoms with E-state index in [2.05, 4.69) is 6.92 Å². The quantitative estimate of drug-likeness (QED) is 0.150. The number of aromatic hydroxyl groups is 5. The van der Waals surface area contributed by atoms with Crippen LogP contribution in [0.1, 0.15) is 41.2 Å². The average Bonchev–Trinajstić information content (AvgIpc) is 2.94. The zero-order valence-electron chi connectivity index (χ0n) is 21.5. The van der Waals surface area contributed by atoms with Crippen LogP contribution in [0, 0.1) is 0 Å². The van der Waals surface area contributed by atoms with Crippen molar-refractivity contribution >= 4 is 0 Å². The van der Waals surface area contributed by atoms with Crippen LogP contribution < -0.4 is 0 Å². The zero-order valence-corrected chi connectivity index (χ0v) is 21.5. The number of hydrogen-bond donors (Lipinski definition) is 5. The summed E-state index contributed by atoms with van der Waals surface area (Å²) in [6, 6.07) is 35.5. The van der Waals surface area contributed by atoms with Gasteiger partial charge in [0.25, 0.3) is 0 Å². The molecule has 5 heteroatoms. The number of phenolic OH excluding ortho intramolecular Hbond substituents is 5. The highest BCUT2D eigenvalue weighted by molar-refractivity contribution is 5.55. The third-order valence-corrected chi connectivity index (χ3v) is 7.71. The van der Waals surface area contributed by atoms with E-state index in [4.69, 9.17) is 0 Å². The highest BCUT2D eigenvalue weighted by Crippen LogP contribution is 2.51. The molecule has 0 aliphatic carbocycles. The van der Waals surface area contributed by atoms with Crippen molar-refractivity contribution in [2.75, 3.05) is 0 Å². The minimum absolute atomic E-state index is 0.142. The lowest BCUT2D eigenvalue weighted by Crippen LogP contribution is -2.39.